The van der Waals surface area contributed by atoms with Gasteiger partial charge in [0.15, 0.2) is 0 Å². The number of carboxylic acid groups (broad SMARTS) is 1. The summed E-state index contributed by atoms with van der Waals surface area (Å²) in [6.07, 6.45) is 1.51. The van der Waals surface area contributed by atoms with Gasteiger partial charge in [0.1, 0.15) is 5.54 Å². The predicted molar refractivity (Wildman–Crippen MR) is 92.0 cm³/mol. The van der Waals surface area contributed by atoms with Crippen LogP contribution in [0.1, 0.15) is 51.2 Å². The number of benzene rings is 1. The average Bonchev–Trinajstić information content (AvgIpc) is 2.53. The van der Waals surface area contributed by atoms with Crippen LogP contribution in [0, 0.1) is 0 Å². The molecule has 0 spiro atoms. The number of carbonyl (C=O) groups is 2. The molecule has 1 fully saturated rings. The molecular weight excluding hydrogens is 306 g/mol. The number of hydrogen-bond acceptors (Lipinski definition) is 3. The maximum absolute atomic E-state index is 12.2. The van der Waals surface area contributed by atoms with Gasteiger partial charge in [0.05, 0.1) is 0 Å². The third-order valence-electron chi connectivity index (χ3n) is 4.60. The molecular formula is C19H27NO4. The standard InChI is InChI=1S/C19H27NO4/c1-18(2,3)15-7-4-14(5-8-15)6-9-16(21)20-19(17(22)23)10-12-24-13-11-19/h4-5,7-8H,6,9-13H2,1-3H3,(H,20,21)(H,22,23). The quantitative estimate of drug-likeness (QED) is 0.868. The van der Waals surface area contributed by atoms with Crippen molar-refractivity contribution in [1.82, 2.24) is 5.32 Å². The predicted octanol–water partition coefficient (Wildman–Crippen LogP) is 2.67. The summed E-state index contributed by atoms with van der Waals surface area (Å²) in [5, 5.41) is 12.2. The third-order valence-corrected chi connectivity index (χ3v) is 4.60. The number of ether oxygens (including phenoxy) is 1. The summed E-state index contributed by atoms with van der Waals surface area (Å²) < 4.78 is 5.21. The molecule has 1 aromatic carbocycles. The van der Waals surface area contributed by atoms with E-state index in [1.54, 1.807) is 0 Å². The first-order valence-electron chi connectivity index (χ1n) is 8.44. The summed E-state index contributed by atoms with van der Waals surface area (Å²) in [4.78, 5) is 23.8. The molecule has 1 aliphatic heterocycles. The van der Waals surface area contributed by atoms with Crippen molar-refractivity contribution in [3.05, 3.63) is 35.4 Å². The Hall–Kier alpha value is -1.88. The van der Waals surface area contributed by atoms with Gasteiger partial charge in [-0.2, -0.15) is 0 Å². The Morgan fingerprint density at radius 2 is 1.75 bits per heavy atom. The number of amides is 1. The highest BCUT2D eigenvalue weighted by molar-refractivity contribution is 5.87. The number of rotatable bonds is 5. The molecule has 0 aromatic heterocycles. The van der Waals surface area contributed by atoms with E-state index < -0.39 is 11.5 Å². The SMILES string of the molecule is CC(C)(C)c1ccc(CCC(=O)NC2(C(=O)O)CCOCC2)cc1. The van der Waals surface area contributed by atoms with Crippen LogP contribution in [0.2, 0.25) is 0 Å². The van der Waals surface area contributed by atoms with Gasteiger partial charge in [0.2, 0.25) is 5.91 Å². The van der Waals surface area contributed by atoms with Gasteiger partial charge in [0, 0.05) is 32.5 Å². The topological polar surface area (TPSA) is 75.6 Å². The van der Waals surface area contributed by atoms with Gasteiger partial charge in [-0.05, 0) is 23.0 Å². The van der Waals surface area contributed by atoms with E-state index in [1.165, 1.54) is 5.56 Å². The van der Waals surface area contributed by atoms with Crippen LogP contribution in [-0.4, -0.2) is 35.7 Å². The molecule has 5 heteroatoms. The summed E-state index contributed by atoms with van der Waals surface area (Å²) in [5.41, 5.74) is 1.26. The van der Waals surface area contributed by atoms with Gasteiger partial charge in [0.25, 0.3) is 0 Å². The summed E-state index contributed by atoms with van der Waals surface area (Å²) >= 11 is 0. The van der Waals surface area contributed by atoms with Crippen LogP contribution in [0.4, 0.5) is 0 Å². The molecule has 2 N–H and O–H groups in total. The van der Waals surface area contributed by atoms with E-state index in [0.29, 0.717) is 32.5 Å². The number of carbonyl (C=O) groups excluding carboxylic acids is 1. The lowest BCUT2D eigenvalue weighted by molar-refractivity contribution is -0.152. The lowest BCUT2D eigenvalue weighted by atomic mass is 9.86. The van der Waals surface area contributed by atoms with Crippen molar-refractivity contribution in [1.29, 1.82) is 0 Å². The number of aliphatic carboxylic acids is 1. The largest absolute Gasteiger partial charge is 0.480 e. The van der Waals surface area contributed by atoms with E-state index in [2.05, 4.69) is 38.2 Å². The number of hydrogen-bond donors (Lipinski definition) is 2. The van der Waals surface area contributed by atoms with Crippen LogP contribution in [-0.2, 0) is 26.2 Å². The minimum Gasteiger partial charge on any atom is -0.480 e. The summed E-state index contributed by atoms with van der Waals surface area (Å²) in [5.74, 6) is -1.20. The monoisotopic (exact) mass is 333 g/mol. The zero-order valence-electron chi connectivity index (χ0n) is 14.7. The normalized spacial score (nSPS) is 17.3. The minimum absolute atomic E-state index is 0.104. The first-order chi connectivity index (χ1) is 11.2. The first kappa shape index (κ1) is 18.5. The molecule has 0 radical (unpaired) electrons. The maximum Gasteiger partial charge on any atom is 0.329 e. The van der Waals surface area contributed by atoms with Gasteiger partial charge in [-0.15, -0.1) is 0 Å². The Morgan fingerprint density at radius 3 is 2.25 bits per heavy atom. The van der Waals surface area contributed by atoms with Crippen LogP contribution in [0.5, 0.6) is 0 Å². The van der Waals surface area contributed by atoms with E-state index in [4.69, 9.17) is 4.74 Å². The van der Waals surface area contributed by atoms with Crippen LogP contribution < -0.4 is 5.32 Å². The molecule has 132 valence electrons. The van der Waals surface area contributed by atoms with E-state index in [9.17, 15) is 14.7 Å². The molecule has 0 atom stereocenters. The second kappa shape index (κ2) is 7.34. The van der Waals surface area contributed by atoms with Gasteiger partial charge in [-0.3, -0.25) is 4.79 Å². The molecule has 5 nitrogen and oxygen atoms in total. The minimum atomic E-state index is -1.18. The number of aryl methyl sites for hydroxylation is 1. The van der Waals surface area contributed by atoms with E-state index in [1.807, 2.05) is 12.1 Å². The molecule has 1 heterocycles. The molecule has 1 amide bonds. The van der Waals surface area contributed by atoms with Crippen molar-refractivity contribution >= 4 is 11.9 Å². The fourth-order valence-electron chi connectivity index (χ4n) is 2.87. The Labute approximate surface area is 143 Å². The van der Waals surface area contributed by atoms with Gasteiger partial charge in [-0.1, -0.05) is 45.0 Å². The van der Waals surface area contributed by atoms with Crippen LogP contribution >= 0.6 is 0 Å². The van der Waals surface area contributed by atoms with Crippen molar-refractivity contribution in [3.63, 3.8) is 0 Å². The van der Waals surface area contributed by atoms with Crippen molar-refractivity contribution in [2.24, 2.45) is 0 Å². The zero-order valence-corrected chi connectivity index (χ0v) is 14.7. The second-order valence-electron chi connectivity index (χ2n) is 7.49. The van der Waals surface area contributed by atoms with Gasteiger partial charge in [-0.25, -0.2) is 4.79 Å². The fraction of sp³-hybridized carbons (Fsp3) is 0.579. The van der Waals surface area contributed by atoms with Crippen molar-refractivity contribution < 1.29 is 19.4 Å². The molecule has 1 saturated heterocycles. The Bertz CT molecular complexity index is 580. The van der Waals surface area contributed by atoms with Gasteiger partial charge >= 0.3 is 5.97 Å². The zero-order chi connectivity index (χ0) is 17.8. The molecule has 0 bridgehead atoms. The van der Waals surface area contributed by atoms with Crippen LogP contribution in [0.3, 0.4) is 0 Å². The molecule has 2 rings (SSSR count). The Balaban J connectivity index is 1.91. The van der Waals surface area contributed by atoms with Crippen molar-refractivity contribution in [2.75, 3.05) is 13.2 Å². The molecule has 0 unspecified atom stereocenters. The van der Waals surface area contributed by atoms with E-state index in [0.717, 1.165) is 5.56 Å². The highest BCUT2D eigenvalue weighted by Gasteiger charge is 2.41. The summed E-state index contributed by atoms with van der Waals surface area (Å²) in [7, 11) is 0. The lowest BCUT2D eigenvalue weighted by Crippen LogP contribution is -2.57. The van der Waals surface area contributed by atoms with Crippen molar-refractivity contribution in [2.45, 2.75) is 57.4 Å². The lowest BCUT2D eigenvalue weighted by Gasteiger charge is -2.33. The summed E-state index contributed by atoms with van der Waals surface area (Å²) in [6, 6.07) is 8.25. The van der Waals surface area contributed by atoms with Gasteiger partial charge < -0.3 is 15.2 Å². The molecule has 1 aliphatic rings. The number of nitrogens with one attached hydrogen (secondary N) is 1. The molecule has 24 heavy (non-hydrogen) atoms. The van der Waals surface area contributed by atoms with Crippen molar-refractivity contribution in [3.8, 4) is 0 Å². The Morgan fingerprint density at radius 1 is 1.17 bits per heavy atom. The average molecular weight is 333 g/mol. The molecule has 1 aromatic rings. The maximum atomic E-state index is 12.2. The highest BCUT2D eigenvalue weighted by Crippen LogP contribution is 2.23. The number of carboxylic acids is 1. The fourth-order valence-corrected chi connectivity index (χ4v) is 2.87. The second-order valence-corrected chi connectivity index (χ2v) is 7.49. The molecule has 0 aliphatic carbocycles. The molecule has 0 saturated carbocycles. The van der Waals surface area contributed by atoms with E-state index in [-0.39, 0.29) is 17.7 Å². The van der Waals surface area contributed by atoms with Crippen LogP contribution in [0.25, 0.3) is 0 Å². The first-order valence-corrected chi connectivity index (χ1v) is 8.44. The highest BCUT2D eigenvalue weighted by atomic mass is 16.5. The third kappa shape index (κ3) is 4.57. The van der Waals surface area contributed by atoms with Crippen LogP contribution in [0.15, 0.2) is 24.3 Å². The summed E-state index contributed by atoms with van der Waals surface area (Å²) in [6.45, 7) is 7.21. The smallest absolute Gasteiger partial charge is 0.329 e. The van der Waals surface area contributed by atoms with E-state index >= 15 is 0 Å². The Kier molecular flexibility index (Phi) is 5.65.